The fraction of sp³-hybridized carbons (Fsp3) is 0.467. The highest BCUT2D eigenvalue weighted by atomic mass is 16.5. The number of ether oxygens (including phenoxy) is 1. The number of hydrogen-bond donors (Lipinski definition) is 1. The molecule has 0 atom stereocenters. The molecule has 0 aliphatic carbocycles. The third kappa shape index (κ3) is 3.73. The Labute approximate surface area is 120 Å². The molecule has 2 aromatic rings. The summed E-state index contributed by atoms with van der Waals surface area (Å²) in [6.07, 6.45) is 6.78. The van der Waals surface area contributed by atoms with Crippen molar-refractivity contribution in [1.29, 1.82) is 0 Å². The monoisotopic (exact) mass is 274 g/mol. The van der Waals surface area contributed by atoms with Gasteiger partial charge in [-0.2, -0.15) is 0 Å². The van der Waals surface area contributed by atoms with Gasteiger partial charge < -0.3 is 14.6 Å². The zero-order valence-electron chi connectivity index (χ0n) is 12.3. The van der Waals surface area contributed by atoms with E-state index < -0.39 is 0 Å². The van der Waals surface area contributed by atoms with Gasteiger partial charge in [0.15, 0.2) is 0 Å². The summed E-state index contributed by atoms with van der Waals surface area (Å²) in [6, 6.07) is 3.87. The van der Waals surface area contributed by atoms with Gasteiger partial charge in [0.25, 0.3) is 0 Å². The summed E-state index contributed by atoms with van der Waals surface area (Å²) in [7, 11) is 0. The van der Waals surface area contributed by atoms with E-state index in [4.69, 9.17) is 4.74 Å². The van der Waals surface area contributed by atoms with Crippen LogP contribution in [0.2, 0.25) is 0 Å². The average molecular weight is 274 g/mol. The Balaban J connectivity index is 2.05. The first-order valence-electron chi connectivity index (χ1n) is 7.06. The molecule has 5 heteroatoms. The van der Waals surface area contributed by atoms with Crippen LogP contribution in [0.3, 0.4) is 0 Å². The van der Waals surface area contributed by atoms with Gasteiger partial charge in [0.05, 0.1) is 18.3 Å². The lowest BCUT2D eigenvalue weighted by atomic mass is 10.3. The Morgan fingerprint density at radius 2 is 2.15 bits per heavy atom. The molecule has 0 fully saturated rings. The zero-order valence-corrected chi connectivity index (χ0v) is 12.3. The van der Waals surface area contributed by atoms with E-state index in [2.05, 4.69) is 26.8 Å². The summed E-state index contributed by atoms with van der Waals surface area (Å²) in [5, 5.41) is 3.35. The summed E-state index contributed by atoms with van der Waals surface area (Å²) >= 11 is 0. The summed E-state index contributed by atoms with van der Waals surface area (Å²) in [5.74, 6) is 1.65. The van der Waals surface area contributed by atoms with E-state index >= 15 is 0 Å². The van der Waals surface area contributed by atoms with Crippen LogP contribution in [0.5, 0.6) is 5.88 Å². The van der Waals surface area contributed by atoms with Crippen LogP contribution in [0.25, 0.3) is 0 Å². The number of anilines is 1. The predicted octanol–water partition coefficient (Wildman–Crippen LogP) is 3.09. The van der Waals surface area contributed by atoms with Crippen LogP contribution in [-0.4, -0.2) is 20.6 Å². The summed E-state index contributed by atoms with van der Waals surface area (Å²) in [4.78, 5) is 8.65. The first kappa shape index (κ1) is 14.4. The van der Waals surface area contributed by atoms with E-state index in [-0.39, 0.29) is 6.10 Å². The summed E-state index contributed by atoms with van der Waals surface area (Å²) in [6.45, 7) is 7.79. The minimum absolute atomic E-state index is 0.104. The van der Waals surface area contributed by atoms with Crippen LogP contribution in [-0.2, 0) is 13.1 Å². The Morgan fingerprint density at radius 1 is 1.30 bits per heavy atom. The number of pyridine rings is 1. The van der Waals surface area contributed by atoms with E-state index in [1.807, 2.05) is 38.4 Å². The largest absolute Gasteiger partial charge is 0.473 e. The van der Waals surface area contributed by atoms with Gasteiger partial charge in [-0.05, 0) is 32.4 Å². The van der Waals surface area contributed by atoms with Gasteiger partial charge in [-0.25, -0.2) is 9.97 Å². The highest BCUT2D eigenvalue weighted by Crippen LogP contribution is 2.22. The number of aryl methyl sites for hydroxylation is 1. The third-order valence-corrected chi connectivity index (χ3v) is 2.82. The lowest BCUT2D eigenvalue weighted by Gasteiger charge is -2.14. The van der Waals surface area contributed by atoms with Gasteiger partial charge in [0.1, 0.15) is 5.82 Å². The van der Waals surface area contributed by atoms with Gasteiger partial charge in [-0.1, -0.05) is 6.92 Å². The molecule has 0 spiro atoms. The van der Waals surface area contributed by atoms with Gasteiger partial charge in [-0.3, -0.25) is 0 Å². The molecule has 0 aliphatic heterocycles. The normalized spacial score (nSPS) is 10.8. The lowest BCUT2D eigenvalue weighted by molar-refractivity contribution is 0.234. The molecule has 0 saturated carbocycles. The van der Waals surface area contributed by atoms with E-state index in [9.17, 15) is 0 Å². The molecule has 0 amide bonds. The van der Waals surface area contributed by atoms with Crippen LogP contribution in [0.1, 0.15) is 33.0 Å². The van der Waals surface area contributed by atoms with Crippen molar-refractivity contribution < 1.29 is 4.74 Å². The molecular formula is C15H22N4O. The molecule has 2 aromatic heterocycles. The minimum Gasteiger partial charge on any atom is -0.473 e. The molecule has 1 N–H and O–H groups in total. The summed E-state index contributed by atoms with van der Waals surface area (Å²) in [5.41, 5.74) is 0.896. The van der Waals surface area contributed by atoms with E-state index in [0.717, 1.165) is 24.5 Å². The second kappa shape index (κ2) is 6.93. The maximum absolute atomic E-state index is 5.69. The van der Waals surface area contributed by atoms with Crippen molar-refractivity contribution in [1.82, 2.24) is 14.5 Å². The SMILES string of the molecule is CCCn1ccnc1CNc1cccnc1OC(C)C. The third-order valence-electron chi connectivity index (χ3n) is 2.82. The smallest absolute Gasteiger partial charge is 0.237 e. The second-order valence-corrected chi connectivity index (χ2v) is 4.91. The van der Waals surface area contributed by atoms with Gasteiger partial charge in [0.2, 0.25) is 5.88 Å². The number of nitrogens with one attached hydrogen (secondary N) is 1. The molecule has 0 unspecified atom stereocenters. The molecule has 20 heavy (non-hydrogen) atoms. The van der Waals surface area contributed by atoms with E-state index in [1.54, 1.807) is 6.20 Å². The van der Waals surface area contributed by atoms with Crippen molar-refractivity contribution in [3.05, 3.63) is 36.5 Å². The molecule has 0 saturated heterocycles. The Morgan fingerprint density at radius 3 is 2.90 bits per heavy atom. The number of rotatable bonds is 7. The molecular weight excluding hydrogens is 252 g/mol. The number of nitrogens with zero attached hydrogens (tertiary/aromatic N) is 3. The van der Waals surface area contributed by atoms with Crippen molar-refractivity contribution in [3.8, 4) is 5.88 Å². The van der Waals surface area contributed by atoms with Crippen molar-refractivity contribution in [2.75, 3.05) is 5.32 Å². The van der Waals surface area contributed by atoms with Crippen LogP contribution in [0, 0.1) is 0 Å². The Hall–Kier alpha value is -2.04. The van der Waals surface area contributed by atoms with Gasteiger partial charge in [0, 0.05) is 25.1 Å². The Kier molecular flexibility index (Phi) is 4.98. The highest BCUT2D eigenvalue weighted by molar-refractivity contribution is 5.52. The molecule has 0 aromatic carbocycles. The highest BCUT2D eigenvalue weighted by Gasteiger charge is 2.08. The lowest BCUT2D eigenvalue weighted by Crippen LogP contribution is -2.12. The van der Waals surface area contributed by atoms with Crippen LogP contribution >= 0.6 is 0 Å². The standard InChI is InChI=1S/C15H22N4O/c1-4-9-19-10-8-16-14(19)11-18-13-6-5-7-17-15(13)20-12(2)3/h5-8,10,12,18H,4,9,11H2,1-3H3. The zero-order chi connectivity index (χ0) is 14.4. The van der Waals surface area contributed by atoms with Gasteiger partial charge >= 0.3 is 0 Å². The molecule has 2 heterocycles. The number of aromatic nitrogens is 3. The van der Waals surface area contributed by atoms with Crippen molar-refractivity contribution in [2.45, 2.75) is 46.4 Å². The van der Waals surface area contributed by atoms with Crippen molar-refractivity contribution in [2.24, 2.45) is 0 Å². The van der Waals surface area contributed by atoms with Crippen molar-refractivity contribution in [3.63, 3.8) is 0 Å². The molecule has 5 nitrogen and oxygen atoms in total. The first-order chi connectivity index (χ1) is 9.70. The predicted molar refractivity (Wildman–Crippen MR) is 79.8 cm³/mol. The van der Waals surface area contributed by atoms with E-state index in [0.29, 0.717) is 12.4 Å². The molecule has 108 valence electrons. The topological polar surface area (TPSA) is 52.0 Å². The maximum Gasteiger partial charge on any atom is 0.237 e. The molecule has 0 bridgehead atoms. The maximum atomic E-state index is 5.69. The number of imidazole rings is 1. The summed E-state index contributed by atoms with van der Waals surface area (Å²) < 4.78 is 7.85. The fourth-order valence-corrected chi connectivity index (χ4v) is 1.97. The first-order valence-corrected chi connectivity index (χ1v) is 7.06. The average Bonchev–Trinajstić information content (AvgIpc) is 2.85. The molecule has 0 radical (unpaired) electrons. The minimum atomic E-state index is 0.104. The molecule has 2 rings (SSSR count). The second-order valence-electron chi connectivity index (χ2n) is 4.91. The van der Waals surface area contributed by atoms with Crippen LogP contribution in [0.15, 0.2) is 30.7 Å². The van der Waals surface area contributed by atoms with Crippen LogP contribution < -0.4 is 10.1 Å². The van der Waals surface area contributed by atoms with Gasteiger partial charge in [-0.15, -0.1) is 0 Å². The number of hydrogen-bond acceptors (Lipinski definition) is 4. The van der Waals surface area contributed by atoms with E-state index in [1.165, 1.54) is 0 Å². The quantitative estimate of drug-likeness (QED) is 0.843. The van der Waals surface area contributed by atoms with Crippen LogP contribution in [0.4, 0.5) is 5.69 Å². The fourth-order valence-electron chi connectivity index (χ4n) is 1.97. The Bertz CT molecular complexity index is 536. The van der Waals surface area contributed by atoms with Crippen molar-refractivity contribution >= 4 is 5.69 Å². The molecule has 0 aliphatic rings.